The third kappa shape index (κ3) is 2.57. The highest BCUT2D eigenvalue weighted by Crippen LogP contribution is 2.30. The van der Waals surface area contributed by atoms with Gasteiger partial charge in [-0.05, 0) is 32.1 Å². The molecule has 0 aromatic heterocycles. The van der Waals surface area contributed by atoms with E-state index in [9.17, 15) is 14.7 Å². The molecule has 0 aromatic carbocycles. The molecule has 5 nitrogen and oxygen atoms in total. The zero-order valence-corrected chi connectivity index (χ0v) is 11.2. The molecule has 2 fully saturated rings. The average molecular weight is 255 g/mol. The fourth-order valence-electron chi connectivity index (χ4n) is 2.90. The molecule has 5 heteroatoms. The van der Waals surface area contributed by atoms with E-state index in [-0.39, 0.29) is 18.4 Å². The number of fused-ring (bicyclic) bond motifs is 2. The maximum absolute atomic E-state index is 12.0. The predicted octanol–water partition coefficient (Wildman–Crippen LogP) is 0.700. The second-order valence-corrected chi connectivity index (χ2v) is 6.05. The summed E-state index contributed by atoms with van der Waals surface area (Å²) in [6.07, 6.45) is 0.807. The molecule has 2 heterocycles. The van der Waals surface area contributed by atoms with Gasteiger partial charge in [-0.1, -0.05) is 13.8 Å². The summed E-state index contributed by atoms with van der Waals surface area (Å²) in [7, 11) is 0. The summed E-state index contributed by atoms with van der Waals surface area (Å²) >= 11 is 0. The van der Waals surface area contributed by atoms with E-state index in [2.05, 4.69) is 0 Å². The number of hydrogen-bond acceptors (Lipinski definition) is 4. The minimum absolute atomic E-state index is 0.0687. The quantitative estimate of drug-likeness (QED) is 0.751. The second kappa shape index (κ2) is 4.63. The van der Waals surface area contributed by atoms with Gasteiger partial charge in [-0.3, -0.25) is 14.5 Å². The smallest absolute Gasteiger partial charge is 0.258 e. The van der Waals surface area contributed by atoms with E-state index in [1.165, 1.54) is 4.90 Å². The van der Waals surface area contributed by atoms with E-state index >= 15 is 0 Å². The predicted molar refractivity (Wildman–Crippen MR) is 64.7 cm³/mol. The maximum atomic E-state index is 12.0. The molecule has 102 valence electrons. The van der Waals surface area contributed by atoms with Gasteiger partial charge in [-0.15, -0.1) is 0 Å². The van der Waals surface area contributed by atoms with Crippen LogP contribution in [-0.2, 0) is 14.3 Å². The number of rotatable bonds is 4. The van der Waals surface area contributed by atoms with Gasteiger partial charge in [0, 0.05) is 0 Å². The molecule has 2 amide bonds. The summed E-state index contributed by atoms with van der Waals surface area (Å²) < 4.78 is 5.33. The van der Waals surface area contributed by atoms with Gasteiger partial charge in [0.2, 0.25) is 0 Å². The van der Waals surface area contributed by atoms with Crippen molar-refractivity contribution in [3.05, 3.63) is 0 Å². The molecule has 0 aromatic rings. The Hall–Kier alpha value is -0.940. The lowest BCUT2D eigenvalue weighted by molar-refractivity contribution is -0.172. The van der Waals surface area contributed by atoms with Crippen molar-refractivity contribution in [2.24, 2.45) is 5.92 Å². The van der Waals surface area contributed by atoms with Crippen molar-refractivity contribution in [1.29, 1.82) is 0 Å². The second-order valence-electron chi connectivity index (χ2n) is 6.05. The molecule has 18 heavy (non-hydrogen) atoms. The Morgan fingerprint density at radius 3 is 2.28 bits per heavy atom. The van der Waals surface area contributed by atoms with Crippen LogP contribution in [-0.4, -0.2) is 46.2 Å². The minimum atomic E-state index is -1.03. The van der Waals surface area contributed by atoms with Crippen LogP contribution in [0.5, 0.6) is 0 Å². The SMILES string of the molecule is CC(C)CC(C)(O)CN1C(=O)C2CCC(O2)C1=O. The largest absolute Gasteiger partial charge is 0.388 e. The Kier molecular flexibility index (Phi) is 3.47. The molecule has 1 N–H and O–H groups in total. The van der Waals surface area contributed by atoms with Crippen LogP contribution in [0.15, 0.2) is 0 Å². The van der Waals surface area contributed by atoms with Crippen molar-refractivity contribution < 1.29 is 19.4 Å². The van der Waals surface area contributed by atoms with E-state index in [1.807, 2.05) is 13.8 Å². The molecule has 2 aliphatic heterocycles. The first-order valence-corrected chi connectivity index (χ1v) is 6.53. The zero-order chi connectivity index (χ0) is 13.5. The van der Waals surface area contributed by atoms with Crippen LogP contribution in [0.1, 0.15) is 40.0 Å². The summed E-state index contributed by atoms with van der Waals surface area (Å²) in [6.45, 7) is 5.74. The van der Waals surface area contributed by atoms with Gasteiger partial charge in [0.25, 0.3) is 11.8 Å². The van der Waals surface area contributed by atoms with Crippen LogP contribution in [0.4, 0.5) is 0 Å². The highest BCUT2D eigenvalue weighted by molar-refractivity contribution is 6.02. The number of imide groups is 1. The molecule has 2 saturated heterocycles. The summed E-state index contributed by atoms with van der Waals surface area (Å²) in [6, 6.07) is 0. The Bertz CT molecular complexity index is 342. The fraction of sp³-hybridized carbons (Fsp3) is 0.846. The molecule has 0 radical (unpaired) electrons. The highest BCUT2D eigenvalue weighted by atomic mass is 16.5. The van der Waals surface area contributed by atoms with Crippen molar-refractivity contribution in [3.63, 3.8) is 0 Å². The molecule has 2 aliphatic rings. The first kappa shape index (κ1) is 13.5. The lowest BCUT2D eigenvalue weighted by atomic mass is 9.93. The monoisotopic (exact) mass is 255 g/mol. The zero-order valence-electron chi connectivity index (χ0n) is 11.2. The number of likely N-dealkylation sites (tertiary alicyclic amines) is 1. The fourth-order valence-corrected chi connectivity index (χ4v) is 2.90. The van der Waals surface area contributed by atoms with E-state index in [0.717, 1.165) is 0 Å². The Labute approximate surface area is 107 Å². The first-order valence-electron chi connectivity index (χ1n) is 6.53. The number of morpholine rings is 1. The molecule has 2 bridgehead atoms. The van der Waals surface area contributed by atoms with Crippen molar-refractivity contribution in [1.82, 2.24) is 4.90 Å². The van der Waals surface area contributed by atoms with Crippen LogP contribution < -0.4 is 0 Å². The first-order chi connectivity index (χ1) is 8.30. The molecular formula is C13H21NO4. The molecule has 0 aliphatic carbocycles. The molecule has 0 saturated carbocycles. The standard InChI is InChI=1S/C13H21NO4/c1-8(2)6-13(3,17)7-14-11(15)9-4-5-10(18-9)12(14)16/h8-10,17H,4-7H2,1-3H3. The van der Waals surface area contributed by atoms with Gasteiger partial charge in [0.05, 0.1) is 12.1 Å². The third-order valence-electron chi connectivity index (χ3n) is 3.45. The van der Waals surface area contributed by atoms with Gasteiger partial charge in [0.1, 0.15) is 12.2 Å². The molecule has 3 unspecified atom stereocenters. The van der Waals surface area contributed by atoms with Crippen LogP contribution in [0.25, 0.3) is 0 Å². The summed E-state index contributed by atoms with van der Waals surface area (Å²) in [4.78, 5) is 25.2. The van der Waals surface area contributed by atoms with E-state index in [0.29, 0.717) is 25.2 Å². The van der Waals surface area contributed by atoms with Crippen molar-refractivity contribution in [2.45, 2.75) is 57.8 Å². The number of carbonyl (C=O) groups is 2. The third-order valence-corrected chi connectivity index (χ3v) is 3.45. The van der Waals surface area contributed by atoms with Gasteiger partial charge in [0.15, 0.2) is 0 Å². The van der Waals surface area contributed by atoms with E-state index < -0.39 is 17.8 Å². The van der Waals surface area contributed by atoms with Gasteiger partial charge in [-0.25, -0.2) is 0 Å². The Morgan fingerprint density at radius 2 is 1.83 bits per heavy atom. The van der Waals surface area contributed by atoms with Crippen LogP contribution in [0.2, 0.25) is 0 Å². The molecule has 2 rings (SSSR count). The Morgan fingerprint density at radius 1 is 1.33 bits per heavy atom. The summed E-state index contributed by atoms with van der Waals surface area (Å²) in [5.41, 5.74) is -1.03. The number of nitrogens with zero attached hydrogens (tertiary/aromatic N) is 1. The molecule has 0 spiro atoms. The number of aliphatic hydroxyl groups is 1. The topological polar surface area (TPSA) is 66.8 Å². The van der Waals surface area contributed by atoms with E-state index in [1.54, 1.807) is 6.92 Å². The summed E-state index contributed by atoms with van der Waals surface area (Å²) in [5, 5.41) is 10.3. The highest BCUT2D eigenvalue weighted by Gasteiger charge is 2.47. The van der Waals surface area contributed by atoms with Gasteiger partial charge < -0.3 is 9.84 Å². The number of ether oxygens (including phenoxy) is 1. The van der Waals surface area contributed by atoms with Gasteiger partial charge in [-0.2, -0.15) is 0 Å². The Balaban J connectivity index is 2.08. The maximum Gasteiger partial charge on any atom is 0.258 e. The lowest BCUT2D eigenvalue weighted by Gasteiger charge is -2.35. The van der Waals surface area contributed by atoms with Crippen LogP contribution >= 0.6 is 0 Å². The van der Waals surface area contributed by atoms with Crippen LogP contribution in [0.3, 0.4) is 0 Å². The number of carbonyl (C=O) groups excluding carboxylic acids is 2. The van der Waals surface area contributed by atoms with Gasteiger partial charge >= 0.3 is 0 Å². The lowest BCUT2D eigenvalue weighted by Crippen LogP contribution is -2.56. The molecule has 3 atom stereocenters. The van der Waals surface area contributed by atoms with E-state index in [4.69, 9.17) is 4.74 Å². The van der Waals surface area contributed by atoms with Crippen molar-refractivity contribution in [3.8, 4) is 0 Å². The van der Waals surface area contributed by atoms with Crippen molar-refractivity contribution in [2.75, 3.05) is 6.54 Å². The van der Waals surface area contributed by atoms with Crippen molar-refractivity contribution >= 4 is 11.8 Å². The average Bonchev–Trinajstić information content (AvgIpc) is 2.66. The molecular weight excluding hydrogens is 234 g/mol. The number of hydrogen-bond donors (Lipinski definition) is 1. The van der Waals surface area contributed by atoms with Crippen LogP contribution in [0, 0.1) is 5.92 Å². The minimum Gasteiger partial charge on any atom is -0.388 e. The number of amides is 2. The normalized spacial score (nSPS) is 31.1. The summed E-state index contributed by atoms with van der Waals surface area (Å²) in [5.74, 6) is -0.279. The number of β-amino-alcohol motifs (C(OH)–C–C–N with tert-alkyl or cyclic N) is 1.